The molecule has 0 saturated heterocycles. The van der Waals surface area contributed by atoms with Gasteiger partial charge in [-0.2, -0.15) is 26.3 Å². The molecule has 0 unspecified atom stereocenters. The molecule has 2 aliphatic carbocycles. The number of allylic oxidation sites excluding steroid dienone is 4. The van der Waals surface area contributed by atoms with Gasteiger partial charge in [-0.3, -0.25) is 19.2 Å². The third-order valence-electron chi connectivity index (χ3n) is 8.79. The molecule has 0 radical (unpaired) electrons. The van der Waals surface area contributed by atoms with Crippen molar-refractivity contribution in [1.29, 1.82) is 0 Å². The summed E-state index contributed by atoms with van der Waals surface area (Å²) < 4.78 is 75.9. The maximum Gasteiger partial charge on any atom is 0.416 e. The maximum absolute atomic E-state index is 12.8. The lowest BCUT2D eigenvalue weighted by atomic mass is 9.81. The topological polar surface area (TPSA) is 68.3 Å². The van der Waals surface area contributed by atoms with Gasteiger partial charge in [0.2, 0.25) is 0 Å². The molecule has 6 rings (SSSR count). The Balaban J connectivity index is 0.000000194. The number of aryl methyl sites for hydroxylation is 2. The molecule has 0 atom stereocenters. The summed E-state index contributed by atoms with van der Waals surface area (Å²) in [6.45, 7) is 6.85. The summed E-state index contributed by atoms with van der Waals surface area (Å²) in [5.41, 5.74) is 4.23. The maximum atomic E-state index is 12.8. The van der Waals surface area contributed by atoms with Crippen molar-refractivity contribution in [3.05, 3.63) is 163 Å². The van der Waals surface area contributed by atoms with Gasteiger partial charge in [-0.15, -0.1) is 0 Å². The van der Waals surface area contributed by atoms with E-state index >= 15 is 0 Å². The summed E-state index contributed by atoms with van der Waals surface area (Å²) in [5.74, 6) is -0.903. The van der Waals surface area contributed by atoms with Gasteiger partial charge in [-0.05, 0) is 75.2 Å². The largest absolute Gasteiger partial charge is 0.416 e. The molecule has 0 aromatic heterocycles. The van der Waals surface area contributed by atoms with Gasteiger partial charge in [0.05, 0.1) is 11.1 Å². The number of halogens is 6. The highest BCUT2D eigenvalue weighted by Gasteiger charge is 2.33. The van der Waals surface area contributed by atoms with E-state index in [1.165, 1.54) is 24.3 Å². The number of carbonyl (C=O) groups excluding carboxylic acids is 4. The van der Waals surface area contributed by atoms with Crippen LogP contribution in [0.4, 0.5) is 26.3 Å². The molecule has 0 fully saturated rings. The second-order valence-electron chi connectivity index (χ2n) is 12.4. The van der Waals surface area contributed by atoms with Crippen molar-refractivity contribution in [2.45, 2.75) is 52.9 Å². The highest BCUT2D eigenvalue weighted by atomic mass is 19.4. The van der Waals surface area contributed by atoms with E-state index in [9.17, 15) is 45.5 Å². The zero-order valence-electron chi connectivity index (χ0n) is 27.4. The zero-order valence-corrected chi connectivity index (χ0v) is 27.4. The average molecular weight is 689 g/mol. The van der Waals surface area contributed by atoms with Crippen molar-refractivity contribution in [3.8, 4) is 0 Å². The Kier molecular flexibility index (Phi) is 9.69. The van der Waals surface area contributed by atoms with Crippen molar-refractivity contribution in [2.24, 2.45) is 0 Å². The second-order valence-corrected chi connectivity index (χ2v) is 12.4. The Morgan fingerprint density at radius 1 is 0.420 bits per heavy atom. The minimum Gasteiger partial charge on any atom is -0.289 e. The fraction of sp³-hybridized carbons (Fsp3) is 0.200. The normalized spacial score (nSPS) is 14.8. The summed E-state index contributed by atoms with van der Waals surface area (Å²) >= 11 is 0. The Morgan fingerprint density at radius 3 is 1.12 bits per heavy atom. The van der Waals surface area contributed by atoms with E-state index in [1.807, 2.05) is 13.8 Å². The van der Waals surface area contributed by atoms with E-state index in [1.54, 1.807) is 50.2 Å². The summed E-state index contributed by atoms with van der Waals surface area (Å²) in [7, 11) is 0. The third-order valence-corrected chi connectivity index (χ3v) is 8.79. The van der Waals surface area contributed by atoms with Gasteiger partial charge in [0, 0.05) is 57.4 Å². The Morgan fingerprint density at radius 2 is 0.740 bits per heavy atom. The molecule has 4 aromatic carbocycles. The Labute approximate surface area is 284 Å². The number of rotatable bonds is 4. The van der Waals surface area contributed by atoms with E-state index < -0.39 is 23.5 Å². The van der Waals surface area contributed by atoms with Gasteiger partial charge in [-0.1, -0.05) is 59.7 Å². The molecule has 0 bridgehead atoms. The van der Waals surface area contributed by atoms with Crippen LogP contribution in [0.2, 0.25) is 0 Å². The third kappa shape index (κ3) is 7.29. The zero-order chi connectivity index (χ0) is 36.7. The predicted octanol–water partition coefficient (Wildman–Crippen LogP) is 9.90. The molecule has 4 nitrogen and oxygen atoms in total. The average Bonchev–Trinajstić information content (AvgIpc) is 3.06. The fourth-order valence-electron chi connectivity index (χ4n) is 5.89. The van der Waals surface area contributed by atoms with E-state index in [0.29, 0.717) is 55.7 Å². The molecule has 2 aliphatic rings. The van der Waals surface area contributed by atoms with E-state index in [4.69, 9.17) is 0 Å². The molecule has 0 spiro atoms. The lowest BCUT2D eigenvalue weighted by molar-refractivity contribution is -0.138. The van der Waals surface area contributed by atoms with Crippen molar-refractivity contribution in [1.82, 2.24) is 0 Å². The number of hydrogen-bond donors (Lipinski definition) is 0. The minimum atomic E-state index is -4.40. The molecular weight excluding hydrogens is 658 g/mol. The van der Waals surface area contributed by atoms with Crippen LogP contribution >= 0.6 is 0 Å². The SMILES string of the molecule is CC1=C(Cc2ccc(C(F)(F)F)cc2)C(=O)c2cc(C)ccc2C1=O.CC1=C(Cc2ccc(C(F)(F)F)cc2)C(=O)c2ccc(C)cc2C1=O. The van der Waals surface area contributed by atoms with Gasteiger partial charge in [-0.25, -0.2) is 0 Å². The lowest BCUT2D eigenvalue weighted by Crippen LogP contribution is -2.22. The van der Waals surface area contributed by atoms with Crippen LogP contribution in [0.5, 0.6) is 0 Å². The molecule has 0 saturated carbocycles. The highest BCUT2D eigenvalue weighted by molar-refractivity contribution is 6.27. The predicted molar refractivity (Wildman–Crippen MR) is 175 cm³/mol. The van der Waals surface area contributed by atoms with Crippen LogP contribution in [-0.4, -0.2) is 23.1 Å². The van der Waals surface area contributed by atoms with Crippen molar-refractivity contribution >= 4 is 23.1 Å². The highest BCUT2D eigenvalue weighted by Crippen LogP contribution is 2.33. The number of ketones is 4. The quantitative estimate of drug-likeness (QED) is 0.200. The molecule has 50 heavy (non-hydrogen) atoms. The first-order chi connectivity index (χ1) is 23.4. The van der Waals surface area contributed by atoms with Crippen LogP contribution in [0, 0.1) is 13.8 Å². The Bertz CT molecular complexity index is 2110. The van der Waals surface area contributed by atoms with E-state index in [0.717, 1.165) is 35.4 Å². The first-order valence-corrected chi connectivity index (χ1v) is 15.5. The van der Waals surface area contributed by atoms with Crippen LogP contribution < -0.4 is 0 Å². The molecule has 0 heterocycles. The van der Waals surface area contributed by atoms with Crippen LogP contribution in [0.25, 0.3) is 0 Å². The van der Waals surface area contributed by atoms with Crippen LogP contribution in [0.1, 0.15) is 88.7 Å². The van der Waals surface area contributed by atoms with Crippen LogP contribution in [0.15, 0.2) is 107 Å². The van der Waals surface area contributed by atoms with Crippen LogP contribution in [-0.2, 0) is 25.2 Å². The first kappa shape index (κ1) is 35.9. The summed E-state index contributed by atoms with van der Waals surface area (Å²) in [4.78, 5) is 50.5. The summed E-state index contributed by atoms with van der Waals surface area (Å²) in [6, 6.07) is 19.5. The fourth-order valence-corrected chi connectivity index (χ4v) is 5.89. The Hall–Kier alpha value is -5.38. The van der Waals surface area contributed by atoms with Gasteiger partial charge >= 0.3 is 12.4 Å². The van der Waals surface area contributed by atoms with Crippen LogP contribution in [0.3, 0.4) is 0 Å². The second kappa shape index (κ2) is 13.5. The molecule has 0 N–H and O–H groups in total. The van der Waals surface area contributed by atoms with Gasteiger partial charge in [0.1, 0.15) is 0 Å². The number of Topliss-reactive ketones (excluding diaryl/α,β-unsaturated/α-hetero) is 4. The molecule has 10 heteroatoms. The smallest absolute Gasteiger partial charge is 0.289 e. The van der Waals surface area contributed by atoms with Gasteiger partial charge in [0.15, 0.2) is 23.1 Å². The van der Waals surface area contributed by atoms with E-state index in [2.05, 4.69) is 0 Å². The lowest BCUT2D eigenvalue weighted by Gasteiger charge is -2.20. The minimum absolute atomic E-state index is 0.127. The molecule has 0 aliphatic heterocycles. The molecule has 4 aromatic rings. The number of benzene rings is 4. The number of carbonyl (C=O) groups is 4. The van der Waals surface area contributed by atoms with Crippen molar-refractivity contribution < 1.29 is 45.5 Å². The summed E-state index contributed by atoms with van der Waals surface area (Å²) in [6.07, 6.45) is -8.55. The van der Waals surface area contributed by atoms with Crippen molar-refractivity contribution in [2.75, 3.05) is 0 Å². The molecule has 256 valence electrons. The number of fused-ring (bicyclic) bond motifs is 2. The van der Waals surface area contributed by atoms with Gasteiger partial charge in [0.25, 0.3) is 0 Å². The first-order valence-electron chi connectivity index (χ1n) is 15.5. The summed E-state index contributed by atoms with van der Waals surface area (Å²) in [5, 5.41) is 0. The van der Waals surface area contributed by atoms with Gasteiger partial charge < -0.3 is 0 Å². The molecular formula is C40H30F6O4. The van der Waals surface area contributed by atoms with E-state index in [-0.39, 0.29) is 36.0 Å². The molecule has 0 amide bonds. The monoisotopic (exact) mass is 688 g/mol. The number of hydrogen-bond acceptors (Lipinski definition) is 4. The number of alkyl halides is 6. The standard InChI is InChI=1S/2C20H15F3O2/c1-11-3-8-15-17(9-11)18(24)12(2)16(19(15)25)10-13-4-6-14(7-5-13)20(21,22)23;1-11-3-8-15-17(9-11)19(25)16(12(2)18(15)24)10-13-4-6-14(7-5-13)20(21,22)23/h2*3-9H,10H2,1-2H3. The van der Waals surface area contributed by atoms with Crippen molar-refractivity contribution in [3.63, 3.8) is 0 Å².